The second-order valence-electron chi connectivity index (χ2n) is 7.82. The van der Waals surface area contributed by atoms with Crippen molar-refractivity contribution in [2.24, 2.45) is 0 Å². The van der Waals surface area contributed by atoms with Gasteiger partial charge in [0.25, 0.3) is 0 Å². The smallest absolute Gasteiger partial charge is 0.323 e. The molecule has 2 aromatic carbocycles. The van der Waals surface area contributed by atoms with Crippen molar-refractivity contribution < 1.29 is 4.79 Å². The Morgan fingerprint density at radius 2 is 1.74 bits per heavy atom. The SMILES string of the molecule is CN1CCN(c2cccc3ncc(NC(=O)Nc4cccc5cccnc45)cc23)CC1. The molecule has 1 aliphatic rings. The predicted octanol–water partition coefficient (Wildman–Crippen LogP) is 4.18. The van der Waals surface area contributed by atoms with E-state index in [1.807, 2.05) is 48.5 Å². The molecule has 7 heteroatoms. The van der Waals surface area contributed by atoms with Crippen LogP contribution < -0.4 is 15.5 Å². The number of carbonyl (C=O) groups is 1. The number of fused-ring (bicyclic) bond motifs is 2. The van der Waals surface area contributed by atoms with Gasteiger partial charge in [0.2, 0.25) is 0 Å². The summed E-state index contributed by atoms with van der Waals surface area (Å²) in [7, 11) is 2.15. The van der Waals surface area contributed by atoms with Crippen LogP contribution in [0.2, 0.25) is 0 Å². The molecule has 2 amide bonds. The van der Waals surface area contributed by atoms with Crippen LogP contribution in [-0.2, 0) is 0 Å². The number of carbonyl (C=O) groups excluding carboxylic acids is 1. The minimum atomic E-state index is -0.323. The zero-order valence-corrected chi connectivity index (χ0v) is 17.4. The molecule has 4 aromatic rings. The molecule has 3 heterocycles. The van der Waals surface area contributed by atoms with Gasteiger partial charge in [-0.25, -0.2) is 4.79 Å². The molecule has 5 rings (SSSR count). The summed E-state index contributed by atoms with van der Waals surface area (Å²) in [5, 5.41) is 7.84. The molecule has 31 heavy (non-hydrogen) atoms. The highest BCUT2D eigenvalue weighted by Crippen LogP contribution is 2.29. The van der Waals surface area contributed by atoms with Crippen LogP contribution in [0, 0.1) is 0 Å². The second kappa shape index (κ2) is 8.20. The van der Waals surface area contributed by atoms with Crippen molar-refractivity contribution in [1.82, 2.24) is 14.9 Å². The van der Waals surface area contributed by atoms with Crippen LogP contribution in [0.4, 0.5) is 21.9 Å². The summed E-state index contributed by atoms with van der Waals surface area (Å²) in [6.07, 6.45) is 3.41. The lowest BCUT2D eigenvalue weighted by atomic mass is 10.1. The number of benzene rings is 2. The van der Waals surface area contributed by atoms with E-state index in [1.54, 1.807) is 12.4 Å². The fourth-order valence-corrected chi connectivity index (χ4v) is 4.01. The molecule has 0 atom stereocenters. The summed E-state index contributed by atoms with van der Waals surface area (Å²) in [5.41, 5.74) is 4.15. The number of anilines is 3. The number of urea groups is 1. The van der Waals surface area contributed by atoms with Gasteiger partial charge in [0.15, 0.2) is 0 Å². The van der Waals surface area contributed by atoms with Gasteiger partial charge in [0.05, 0.1) is 28.6 Å². The third-order valence-corrected chi connectivity index (χ3v) is 5.69. The van der Waals surface area contributed by atoms with Gasteiger partial charge in [-0.1, -0.05) is 24.3 Å². The lowest BCUT2D eigenvalue weighted by molar-refractivity contribution is 0.262. The molecule has 156 valence electrons. The van der Waals surface area contributed by atoms with Gasteiger partial charge in [-0.15, -0.1) is 0 Å². The fourth-order valence-electron chi connectivity index (χ4n) is 4.01. The first-order valence-electron chi connectivity index (χ1n) is 10.4. The highest BCUT2D eigenvalue weighted by molar-refractivity contribution is 6.06. The topological polar surface area (TPSA) is 73.4 Å². The number of hydrogen-bond acceptors (Lipinski definition) is 5. The Bertz CT molecular complexity index is 1240. The van der Waals surface area contributed by atoms with Crippen molar-refractivity contribution in [3.63, 3.8) is 0 Å². The molecule has 2 N–H and O–H groups in total. The standard InChI is InChI=1S/C24H24N6O/c1-29-11-13-30(14-12-29)22-9-3-7-20-19(22)15-18(16-26-20)27-24(31)28-21-8-2-5-17-6-4-10-25-23(17)21/h2-10,15-16H,11-14H2,1H3,(H2,27,28,31). The Balaban J connectivity index is 1.39. The summed E-state index contributed by atoms with van der Waals surface area (Å²) >= 11 is 0. The Morgan fingerprint density at radius 1 is 0.935 bits per heavy atom. The number of nitrogens with one attached hydrogen (secondary N) is 2. The van der Waals surface area contributed by atoms with Crippen LogP contribution in [0.25, 0.3) is 21.8 Å². The molecule has 0 bridgehead atoms. The van der Waals surface area contributed by atoms with Crippen LogP contribution in [-0.4, -0.2) is 54.1 Å². The van der Waals surface area contributed by atoms with Gasteiger partial charge in [-0.2, -0.15) is 0 Å². The number of nitrogens with zero attached hydrogens (tertiary/aromatic N) is 4. The van der Waals surface area contributed by atoms with Gasteiger partial charge in [-0.3, -0.25) is 9.97 Å². The fraction of sp³-hybridized carbons (Fsp3) is 0.208. The quantitative estimate of drug-likeness (QED) is 0.528. The maximum atomic E-state index is 12.7. The van der Waals surface area contributed by atoms with Crippen LogP contribution >= 0.6 is 0 Å². The highest BCUT2D eigenvalue weighted by Gasteiger charge is 2.17. The number of pyridine rings is 2. The molecule has 0 unspecified atom stereocenters. The summed E-state index contributed by atoms with van der Waals surface area (Å²) in [4.78, 5) is 26.4. The molecule has 7 nitrogen and oxygen atoms in total. The number of aromatic nitrogens is 2. The van der Waals surface area contributed by atoms with Gasteiger partial charge in [-0.05, 0) is 37.4 Å². The molecule has 1 saturated heterocycles. The van der Waals surface area contributed by atoms with E-state index in [-0.39, 0.29) is 6.03 Å². The van der Waals surface area contributed by atoms with Crippen molar-refractivity contribution in [1.29, 1.82) is 0 Å². The van der Waals surface area contributed by atoms with Crippen molar-refractivity contribution in [3.05, 3.63) is 67.0 Å². The number of piperazine rings is 1. The Labute approximate surface area is 180 Å². The summed E-state index contributed by atoms with van der Waals surface area (Å²) in [6.45, 7) is 4.01. The Morgan fingerprint density at radius 3 is 2.61 bits per heavy atom. The molecule has 0 radical (unpaired) electrons. The molecular formula is C24H24N6O. The van der Waals surface area contributed by atoms with Crippen LogP contribution in [0.3, 0.4) is 0 Å². The highest BCUT2D eigenvalue weighted by atomic mass is 16.2. The van der Waals surface area contributed by atoms with E-state index in [0.717, 1.165) is 53.7 Å². The van der Waals surface area contributed by atoms with Crippen LogP contribution in [0.5, 0.6) is 0 Å². The van der Waals surface area contributed by atoms with E-state index >= 15 is 0 Å². The van der Waals surface area contributed by atoms with E-state index in [0.29, 0.717) is 11.4 Å². The van der Waals surface area contributed by atoms with Gasteiger partial charge in [0, 0.05) is 48.8 Å². The van der Waals surface area contributed by atoms with E-state index in [2.05, 4.69) is 43.5 Å². The van der Waals surface area contributed by atoms with Crippen LogP contribution in [0.15, 0.2) is 67.0 Å². The first kappa shape index (κ1) is 19.3. The van der Waals surface area contributed by atoms with Crippen LogP contribution in [0.1, 0.15) is 0 Å². The van der Waals surface area contributed by atoms with E-state index in [9.17, 15) is 4.79 Å². The number of para-hydroxylation sites is 1. The Hall–Kier alpha value is -3.71. The largest absolute Gasteiger partial charge is 0.368 e. The zero-order valence-electron chi connectivity index (χ0n) is 17.4. The monoisotopic (exact) mass is 412 g/mol. The summed E-state index contributed by atoms with van der Waals surface area (Å²) in [5.74, 6) is 0. The minimum absolute atomic E-state index is 0.323. The normalized spacial score (nSPS) is 14.7. The Kier molecular flexibility index (Phi) is 5.09. The lowest BCUT2D eigenvalue weighted by Gasteiger charge is -2.34. The number of likely N-dealkylation sites (N-methyl/N-ethyl adjacent to an activating group) is 1. The average Bonchev–Trinajstić information content (AvgIpc) is 2.79. The third kappa shape index (κ3) is 4.00. The van der Waals surface area contributed by atoms with E-state index in [1.165, 1.54) is 0 Å². The third-order valence-electron chi connectivity index (χ3n) is 5.69. The second-order valence-corrected chi connectivity index (χ2v) is 7.82. The van der Waals surface area contributed by atoms with Crippen molar-refractivity contribution in [2.45, 2.75) is 0 Å². The van der Waals surface area contributed by atoms with Crippen molar-refractivity contribution in [2.75, 3.05) is 48.8 Å². The summed E-state index contributed by atoms with van der Waals surface area (Å²) in [6, 6.07) is 17.4. The van der Waals surface area contributed by atoms with Gasteiger partial charge >= 0.3 is 6.03 Å². The molecule has 0 spiro atoms. The first-order valence-corrected chi connectivity index (χ1v) is 10.4. The lowest BCUT2D eigenvalue weighted by Crippen LogP contribution is -2.44. The molecular weight excluding hydrogens is 388 g/mol. The van der Waals surface area contributed by atoms with Crippen molar-refractivity contribution in [3.8, 4) is 0 Å². The maximum Gasteiger partial charge on any atom is 0.323 e. The van der Waals surface area contributed by atoms with Crippen molar-refractivity contribution >= 4 is 44.9 Å². The summed E-state index contributed by atoms with van der Waals surface area (Å²) < 4.78 is 0. The minimum Gasteiger partial charge on any atom is -0.368 e. The molecule has 2 aromatic heterocycles. The molecule has 0 aliphatic carbocycles. The molecule has 0 saturated carbocycles. The number of rotatable bonds is 3. The number of hydrogen-bond donors (Lipinski definition) is 2. The molecule has 1 fully saturated rings. The van der Waals surface area contributed by atoms with Gasteiger partial charge in [0.1, 0.15) is 0 Å². The predicted molar refractivity (Wildman–Crippen MR) is 126 cm³/mol. The van der Waals surface area contributed by atoms with Gasteiger partial charge < -0.3 is 20.4 Å². The maximum absolute atomic E-state index is 12.7. The average molecular weight is 412 g/mol. The van der Waals surface area contributed by atoms with E-state index in [4.69, 9.17) is 0 Å². The van der Waals surface area contributed by atoms with E-state index < -0.39 is 0 Å². The first-order chi connectivity index (χ1) is 15.2. The zero-order chi connectivity index (χ0) is 21.2. The number of amides is 2. The molecule has 1 aliphatic heterocycles.